The lowest BCUT2D eigenvalue weighted by atomic mass is 10.1. The van der Waals surface area contributed by atoms with Gasteiger partial charge in [0.2, 0.25) is 11.8 Å². The van der Waals surface area contributed by atoms with E-state index in [1.54, 1.807) is 0 Å². The van der Waals surface area contributed by atoms with Crippen LogP contribution >= 0.6 is 0 Å². The van der Waals surface area contributed by atoms with Gasteiger partial charge in [0.05, 0.1) is 7.11 Å². The maximum absolute atomic E-state index is 11.5. The number of rotatable bonds is 6. The number of nitrogens with one attached hydrogen (secondary N) is 1. The fourth-order valence-corrected chi connectivity index (χ4v) is 2.12. The van der Waals surface area contributed by atoms with E-state index in [1.807, 2.05) is 37.3 Å². The lowest BCUT2D eigenvalue weighted by Crippen LogP contribution is -2.13. The minimum absolute atomic E-state index is 0.247. The van der Waals surface area contributed by atoms with Crippen LogP contribution in [0, 0.1) is 6.92 Å². The van der Waals surface area contributed by atoms with E-state index in [4.69, 9.17) is 4.74 Å². The molecule has 0 unspecified atom stereocenters. The Morgan fingerprint density at radius 2 is 1.96 bits per heavy atom. The summed E-state index contributed by atoms with van der Waals surface area (Å²) < 4.78 is 9.77. The molecule has 0 atom stereocenters. The molecule has 0 amide bonds. The molecular weight excluding hydrogens is 294 g/mol. The van der Waals surface area contributed by atoms with Gasteiger partial charge in [0.1, 0.15) is 0 Å². The second-order valence-corrected chi connectivity index (χ2v) is 5.07. The van der Waals surface area contributed by atoms with Crippen LogP contribution < -0.4 is 10.1 Å². The third-order valence-electron chi connectivity index (χ3n) is 3.33. The van der Waals surface area contributed by atoms with Gasteiger partial charge in [-0.2, -0.15) is 4.98 Å². The van der Waals surface area contributed by atoms with E-state index in [0.717, 1.165) is 36.2 Å². The van der Waals surface area contributed by atoms with Crippen molar-refractivity contribution in [3.8, 4) is 5.88 Å². The van der Waals surface area contributed by atoms with Gasteiger partial charge in [-0.1, -0.05) is 31.5 Å². The van der Waals surface area contributed by atoms with Crippen LogP contribution in [0.4, 0.5) is 16.4 Å². The molecule has 0 saturated heterocycles. The number of methoxy groups -OCH3 is 1. The zero-order valence-electron chi connectivity index (χ0n) is 13.6. The van der Waals surface area contributed by atoms with Crippen LogP contribution in [0.1, 0.15) is 31.0 Å². The normalized spacial score (nSPS) is 10.2. The van der Waals surface area contributed by atoms with E-state index in [2.05, 4.69) is 26.9 Å². The highest BCUT2D eigenvalue weighted by Gasteiger charge is 2.16. The van der Waals surface area contributed by atoms with Crippen molar-refractivity contribution in [3.63, 3.8) is 0 Å². The molecule has 23 heavy (non-hydrogen) atoms. The van der Waals surface area contributed by atoms with Gasteiger partial charge in [0.15, 0.2) is 0 Å². The first-order chi connectivity index (χ1) is 11.1. The lowest BCUT2D eigenvalue weighted by Gasteiger charge is -2.13. The Balaban J connectivity index is 2.32. The smallest absolute Gasteiger partial charge is 0.437 e. The Kier molecular flexibility index (Phi) is 5.91. The van der Waals surface area contributed by atoms with Crippen molar-refractivity contribution in [2.75, 3.05) is 12.4 Å². The Hall–Kier alpha value is -2.63. The van der Waals surface area contributed by atoms with E-state index in [0.29, 0.717) is 5.95 Å². The standard InChI is InChI=1S/C17H21N3O3/c1-4-5-11-14-12(2)18-16(19-13-9-7-6-8-10-13)20-15(14)23-17(21)22-3/h6-10H,4-5,11H2,1-3H3,(H,18,19,20). The summed E-state index contributed by atoms with van der Waals surface area (Å²) in [5.41, 5.74) is 2.47. The Morgan fingerprint density at radius 1 is 1.22 bits per heavy atom. The molecule has 0 bridgehead atoms. The molecule has 2 rings (SSSR count). The average molecular weight is 315 g/mol. The second-order valence-electron chi connectivity index (χ2n) is 5.07. The predicted octanol–water partition coefficient (Wildman–Crippen LogP) is 4.02. The van der Waals surface area contributed by atoms with E-state index in [9.17, 15) is 4.79 Å². The van der Waals surface area contributed by atoms with Crippen molar-refractivity contribution < 1.29 is 14.3 Å². The highest BCUT2D eigenvalue weighted by molar-refractivity contribution is 5.64. The molecule has 0 aliphatic rings. The molecule has 1 N–H and O–H groups in total. The van der Waals surface area contributed by atoms with Crippen molar-refractivity contribution >= 4 is 17.8 Å². The topological polar surface area (TPSA) is 73.3 Å². The highest BCUT2D eigenvalue weighted by Crippen LogP contribution is 2.24. The molecule has 0 aliphatic heterocycles. The number of nitrogens with zero attached hydrogens (tertiary/aromatic N) is 2. The molecule has 0 radical (unpaired) electrons. The minimum atomic E-state index is -0.786. The van der Waals surface area contributed by atoms with Gasteiger partial charge in [-0.3, -0.25) is 0 Å². The van der Waals surface area contributed by atoms with Crippen molar-refractivity contribution in [3.05, 3.63) is 41.6 Å². The zero-order valence-corrected chi connectivity index (χ0v) is 13.6. The van der Waals surface area contributed by atoms with Crippen molar-refractivity contribution in [2.24, 2.45) is 0 Å². The number of carbonyl (C=O) groups excluding carboxylic acids is 1. The molecule has 0 spiro atoms. The number of aromatic nitrogens is 2. The third kappa shape index (κ3) is 4.67. The molecule has 2 aromatic rings. The number of hydrogen-bond acceptors (Lipinski definition) is 6. The maximum atomic E-state index is 11.5. The summed E-state index contributed by atoms with van der Waals surface area (Å²) in [6, 6.07) is 9.57. The maximum Gasteiger partial charge on any atom is 0.514 e. The first-order valence-corrected chi connectivity index (χ1v) is 7.59. The van der Waals surface area contributed by atoms with Gasteiger partial charge in [-0.05, 0) is 31.9 Å². The molecular formula is C17H21N3O3. The van der Waals surface area contributed by atoms with Gasteiger partial charge in [0.25, 0.3) is 0 Å². The number of carbonyl (C=O) groups is 1. The Labute approximate surface area is 135 Å². The molecule has 6 heteroatoms. The average Bonchev–Trinajstić information content (AvgIpc) is 2.55. The summed E-state index contributed by atoms with van der Waals surface area (Å²) in [7, 11) is 1.27. The molecule has 0 saturated carbocycles. The van der Waals surface area contributed by atoms with Crippen LogP contribution in [0.25, 0.3) is 0 Å². The van der Waals surface area contributed by atoms with Gasteiger partial charge in [-0.25, -0.2) is 9.78 Å². The minimum Gasteiger partial charge on any atom is -0.437 e. The van der Waals surface area contributed by atoms with Gasteiger partial charge >= 0.3 is 6.16 Å². The molecule has 1 aromatic carbocycles. The third-order valence-corrected chi connectivity index (χ3v) is 3.33. The van der Waals surface area contributed by atoms with E-state index < -0.39 is 6.16 Å². The monoisotopic (exact) mass is 315 g/mol. The molecule has 0 fully saturated rings. The molecule has 1 aromatic heterocycles. The number of aryl methyl sites for hydroxylation is 1. The van der Waals surface area contributed by atoms with Crippen LogP contribution in [0.3, 0.4) is 0 Å². The first-order valence-electron chi connectivity index (χ1n) is 7.59. The summed E-state index contributed by atoms with van der Waals surface area (Å²) in [4.78, 5) is 20.2. The van der Waals surface area contributed by atoms with Crippen LogP contribution in [0.15, 0.2) is 30.3 Å². The number of hydrogen-bond donors (Lipinski definition) is 1. The van der Waals surface area contributed by atoms with Crippen molar-refractivity contribution in [1.29, 1.82) is 0 Å². The molecule has 0 aliphatic carbocycles. The summed E-state index contributed by atoms with van der Waals surface area (Å²) >= 11 is 0. The first kappa shape index (κ1) is 16.7. The summed E-state index contributed by atoms with van der Waals surface area (Å²) in [5.74, 6) is 0.629. The van der Waals surface area contributed by atoms with E-state index in [-0.39, 0.29) is 5.88 Å². The number of unbranched alkanes of at least 4 members (excludes halogenated alkanes) is 1. The van der Waals surface area contributed by atoms with Gasteiger partial charge < -0.3 is 14.8 Å². The number of benzene rings is 1. The molecule has 1 heterocycles. The van der Waals surface area contributed by atoms with E-state index >= 15 is 0 Å². The fraction of sp³-hybridized carbons (Fsp3) is 0.353. The summed E-state index contributed by atoms with van der Waals surface area (Å²) in [5, 5.41) is 3.11. The number of anilines is 2. The zero-order chi connectivity index (χ0) is 16.7. The lowest BCUT2D eigenvalue weighted by molar-refractivity contribution is 0.119. The molecule has 6 nitrogen and oxygen atoms in total. The van der Waals surface area contributed by atoms with Gasteiger partial charge in [0, 0.05) is 16.9 Å². The second kappa shape index (κ2) is 8.12. The van der Waals surface area contributed by atoms with Gasteiger partial charge in [-0.15, -0.1) is 0 Å². The number of para-hydroxylation sites is 1. The van der Waals surface area contributed by atoms with Crippen molar-refractivity contribution in [1.82, 2.24) is 9.97 Å². The fourth-order valence-electron chi connectivity index (χ4n) is 2.12. The van der Waals surface area contributed by atoms with Crippen LogP contribution in [0.2, 0.25) is 0 Å². The summed E-state index contributed by atoms with van der Waals surface area (Å²) in [6.07, 6.45) is 1.96. The Morgan fingerprint density at radius 3 is 2.61 bits per heavy atom. The van der Waals surface area contributed by atoms with E-state index in [1.165, 1.54) is 7.11 Å². The molecule has 122 valence electrons. The SMILES string of the molecule is CCCCc1c(C)nc(Nc2ccccc2)nc1OC(=O)OC. The number of ether oxygens (including phenoxy) is 2. The highest BCUT2D eigenvalue weighted by atomic mass is 16.7. The van der Waals surface area contributed by atoms with Crippen LogP contribution in [0.5, 0.6) is 5.88 Å². The summed E-state index contributed by atoms with van der Waals surface area (Å²) in [6.45, 7) is 3.98. The van der Waals surface area contributed by atoms with Crippen LogP contribution in [-0.4, -0.2) is 23.2 Å². The van der Waals surface area contributed by atoms with Crippen LogP contribution in [-0.2, 0) is 11.2 Å². The quantitative estimate of drug-likeness (QED) is 0.812. The van der Waals surface area contributed by atoms with Crippen molar-refractivity contribution in [2.45, 2.75) is 33.1 Å². The Bertz CT molecular complexity index is 660. The predicted molar refractivity (Wildman–Crippen MR) is 88.1 cm³/mol. The largest absolute Gasteiger partial charge is 0.514 e.